The van der Waals surface area contributed by atoms with Crippen molar-refractivity contribution in [1.82, 2.24) is 4.90 Å². The molecule has 0 aliphatic carbocycles. The fourth-order valence-electron chi connectivity index (χ4n) is 5.71. The number of carboxylic acid groups (broad SMARTS) is 1. The molecule has 1 aliphatic heterocycles. The Kier molecular flexibility index (Phi) is 10.7. The maximum Gasteiger partial charge on any atom is 0.407 e. The maximum atomic E-state index is 11.9. The van der Waals surface area contributed by atoms with E-state index in [1.807, 2.05) is 60.7 Å². The number of hydrogen-bond acceptors (Lipinski definition) is 7. The molecule has 1 amide bonds. The molecule has 1 aliphatic rings. The van der Waals surface area contributed by atoms with Gasteiger partial charge in [-0.3, -0.25) is 0 Å². The molecular formula is C35H39NO7S. The Morgan fingerprint density at radius 1 is 0.909 bits per heavy atom. The number of methoxy groups -OCH3 is 3. The number of likely N-dealkylation sites (tertiary alicyclic amines) is 1. The lowest BCUT2D eigenvalue weighted by molar-refractivity contribution is -0.0204. The number of ether oxygens (including phenoxy) is 5. The van der Waals surface area contributed by atoms with Crippen LogP contribution in [0.15, 0.2) is 83.8 Å². The third-order valence-electron chi connectivity index (χ3n) is 7.93. The summed E-state index contributed by atoms with van der Waals surface area (Å²) in [5, 5.41) is 11.6. The minimum absolute atomic E-state index is 0.0326. The molecule has 1 saturated heterocycles. The first-order valence-corrected chi connectivity index (χ1v) is 15.7. The van der Waals surface area contributed by atoms with Crippen LogP contribution in [0.1, 0.15) is 29.9 Å². The zero-order chi connectivity index (χ0) is 30.9. The molecule has 232 valence electrons. The Labute approximate surface area is 262 Å². The van der Waals surface area contributed by atoms with E-state index < -0.39 is 6.09 Å². The number of piperidine rings is 1. The summed E-state index contributed by atoms with van der Waals surface area (Å²) >= 11 is 1.76. The van der Waals surface area contributed by atoms with Gasteiger partial charge in [-0.15, -0.1) is 11.8 Å². The SMILES string of the molecule is COc1ccccc1SCCCOc1ccc(C2CCN(C(=O)O)CC2OCc2cc(OC)c3ccccc3c2OC)cc1. The Bertz CT molecular complexity index is 1540. The average Bonchev–Trinajstić information content (AvgIpc) is 3.07. The van der Waals surface area contributed by atoms with Crippen LogP contribution < -0.4 is 18.9 Å². The number of fused-ring (bicyclic) bond motifs is 1. The monoisotopic (exact) mass is 617 g/mol. The number of benzene rings is 4. The lowest BCUT2D eigenvalue weighted by Crippen LogP contribution is -2.46. The second kappa shape index (κ2) is 15.1. The fourth-order valence-corrected chi connectivity index (χ4v) is 6.66. The number of rotatable bonds is 13. The molecule has 9 heteroatoms. The highest BCUT2D eigenvalue weighted by Crippen LogP contribution is 2.38. The van der Waals surface area contributed by atoms with Crippen molar-refractivity contribution < 1.29 is 33.6 Å². The van der Waals surface area contributed by atoms with Crippen molar-refractivity contribution in [2.75, 3.05) is 46.8 Å². The Morgan fingerprint density at radius 3 is 2.36 bits per heavy atom. The Balaban J connectivity index is 1.23. The van der Waals surface area contributed by atoms with Crippen molar-refractivity contribution in [1.29, 1.82) is 0 Å². The summed E-state index contributed by atoms with van der Waals surface area (Å²) in [4.78, 5) is 14.4. The van der Waals surface area contributed by atoms with Gasteiger partial charge in [-0.05, 0) is 48.7 Å². The second-order valence-corrected chi connectivity index (χ2v) is 11.7. The van der Waals surface area contributed by atoms with Crippen LogP contribution in [0, 0.1) is 0 Å². The molecule has 1 N–H and O–H groups in total. The molecule has 2 unspecified atom stereocenters. The van der Waals surface area contributed by atoms with Gasteiger partial charge < -0.3 is 33.7 Å². The van der Waals surface area contributed by atoms with E-state index in [2.05, 4.69) is 18.2 Å². The Morgan fingerprint density at radius 2 is 1.64 bits per heavy atom. The number of carbonyl (C=O) groups is 1. The van der Waals surface area contributed by atoms with Crippen molar-refractivity contribution in [2.24, 2.45) is 0 Å². The number of para-hydroxylation sites is 1. The van der Waals surface area contributed by atoms with E-state index in [0.29, 0.717) is 19.6 Å². The molecule has 2 atom stereocenters. The van der Waals surface area contributed by atoms with Gasteiger partial charge in [0.15, 0.2) is 0 Å². The highest BCUT2D eigenvalue weighted by molar-refractivity contribution is 7.99. The smallest absolute Gasteiger partial charge is 0.407 e. The van der Waals surface area contributed by atoms with Gasteiger partial charge in [0, 0.05) is 39.4 Å². The summed E-state index contributed by atoms with van der Waals surface area (Å²) in [6, 6.07) is 26.0. The first-order valence-electron chi connectivity index (χ1n) is 14.7. The molecule has 0 saturated carbocycles. The van der Waals surface area contributed by atoms with Crippen LogP contribution in [0.3, 0.4) is 0 Å². The molecule has 8 nitrogen and oxygen atoms in total. The van der Waals surface area contributed by atoms with Gasteiger partial charge in [-0.2, -0.15) is 0 Å². The summed E-state index contributed by atoms with van der Waals surface area (Å²) in [7, 11) is 4.99. The molecule has 0 radical (unpaired) electrons. The Hall–Kier alpha value is -4.08. The van der Waals surface area contributed by atoms with Gasteiger partial charge in [0.25, 0.3) is 0 Å². The first kappa shape index (κ1) is 31.3. The van der Waals surface area contributed by atoms with E-state index in [4.69, 9.17) is 23.7 Å². The van der Waals surface area contributed by atoms with E-state index in [1.54, 1.807) is 33.1 Å². The molecule has 4 aromatic rings. The molecule has 0 bridgehead atoms. The number of thioether (sulfide) groups is 1. The molecule has 0 aromatic heterocycles. The van der Waals surface area contributed by atoms with E-state index in [1.165, 1.54) is 4.90 Å². The standard InChI is InChI=1S/C35H39NO7S/c1-39-30-11-6-7-12-33(30)44-20-8-19-42-26-15-13-24(14-16-26)27-17-18-36(35(37)38)22-32(27)43-23-25-21-31(40-2)28-9-4-5-10-29(28)34(25)41-3/h4-7,9-16,21,27,32H,8,17-20,22-23H2,1-3H3,(H,37,38). The van der Waals surface area contributed by atoms with Crippen molar-refractivity contribution in [2.45, 2.75) is 36.4 Å². The van der Waals surface area contributed by atoms with Gasteiger partial charge in [-0.25, -0.2) is 4.79 Å². The molecule has 44 heavy (non-hydrogen) atoms. The number of hydrogen-bond donors (Lipinski definition) is 1. The van der Waals surface area contributed by atoms with Crippen molar-refractivity contribution in [3.63, 3.8) is 0 Å². The number of nitrogens with zero attached hydrogens (tertiary/aromatic N) is 1. The van der Waals surface area contributed by atoms with Crippen LogP contribution in [0.4, 0.5) is 4.79 Å². The summed E-state index contributed by atoms with van der Waals surface area (Å²) in [5.41, 5.74) is 1.95. The van der Waals surface area contributed by atoms with Crippen LogP contribution >= 0.6 is 11.8 Å². The average molecular weight is 618 g/mol. The van der Waals surface area contributed by atoms with E-state index in [9.17, 15) is 9.90 Å². The van der Waals surface area contributed by atoms with Gasteiger partial charge in [0.2, 0.25) is 0 Å². The summed E-state index contributed by atoms with van der Waals surface area (Å²) in [5.74, 6) is 4.12. The topological polar surface area (TPSA) is 86.7 Å². The zero-order valence-electron chi connectivity index (χ0n) is 25.4. The van der Waals surface area contributed by atoms with Crippen molar-refractivity contribution in [3.8, 4) is 23.0 Å². The zero-order valence-corrected chi connectivity index (χ0v) is 26.2. The first-order chi connectivity index (χ1) is 21.5. The van der Waals surface area contributed by atoms with Gasteiger partial charge in [0.1, 0.15) is 23.0 Å². The summed E-state index contributed by atoms with van der Waals surface area (Å²) in [6.07, 6.45) is 0.294. The van der Waals surface area contributed by atoms with Gasteiger partial charge in [0.05, 0.1) is 47.2 Å². The molecule has 5 rings (SSSR count). The molecular weight excluding hydrogens is 578 g/mol. The molecule has 4 aromatic carbocycles. The highest BCUT2D eigenvalue weighted by atomic mass is 32.2. The van der Waals surface area contributed by atoms with Crippen LogP contribution in [0.5, 0.6) is 23.0 Å². The summed E-state index contributed by atoms with van der Waals surface area (Å²) < 4.78 is 29.4. The maximum absolute atomic E-state index is 11.9. The minimum atomic E-state index is -0.936. The molecule has 1 heterocycles. The molecule has 0 spiro atoms. The van der Waals surface area contributed by atoms with Crippen LogP contribution in [0.2, 0.25) is 0 Å². The van der Waals surface area contributed by atoms with Gasteiger partial charge in [-0.1, -0.05) is 48.5 Å². The largest absolute Gasteiger partial charge is 0.496 e. The van der Waals surface area contributed by atoms with Crippen molar-refractivity contribution >= 4 is 28.6 Å². The minimum Gasteiger partial charge on any atom is -0.496 e. The third kappa shape index (κ3) is 7.34. The normalized spacial score (nSPS) is 16.5. The van der Waals surface area contributed by atoms with Crippen LogP contribution in [0.25, 0.3) is 10.8 Å². The van der Waals surface area contributed by atoms with E-state index in [0.717, 1.165) is 62.0 Å². The predicted octanol–water partition coefficient (Wildman–Crippen LogP) is 7.48. The molecule has 1 fully saturated rings. The number of amides is 1. The highest BCUT2D eigenvalue weighted by Gasteiger charge is 2.33. The predicted molar refractivity (Wildman–Crippen MR) is 173 cm³/mol. The van der Waals surface area contributed by atoms with Crippen LogP contribution in [-0.4, -0.2) is 69.0 Å². The third-order valence-corrected chi connectivity index (χ3v) is 9.07. The quantitative estimate of drug-likeness (QED) is 0.122. The fraction of sp³-hybridized carbons (Fsp3) is 0.343. The lowest BCUT2D eigenvalue weighted by Gasteiger charge is -2.37. The lowest BCUT2D eigenvalue weighted by atomic mass is 9.87. The van der Waals surface area contributed by atoms with E-state index >= 15 is 0 Å². The summed E-state index contributed by atoms with van der Waals surface area (Å²) in [6.45, 7) is 1.61. The van der Waals surface area contributed by atoms with Gasteiger partial charge >= 0.3 is 6.09 Å². The van der Waals surface area contributed by atoms with E-state index in [-0.39, 0.29) is 25.2 Å². The van der Waals surface area contributed by atoms with Crippen molar-refractivity contribution in [3.05, 3.63) is 90.0 Å². The second-order valence-electron chi connectivity index (χ2n) is 10.6. The van der Waals surface area contributed by atoms with Crippen LogP contribution in [-0.2, 0) is 11.3 Å².